The average molecular weight is 306 g/mol. The van der Waals surface area contributed by atoms with Crippen LogP contribution in [0.1, 0.15) is 18.2 Å². The Balaban J connectivity index is 2.57. The molecule has 0 atom stereocenters. The zero-order valence-corrected chi connectivity index (χ0v) is 11.9. The quantitative estimate of drug-likeness (QED) is 0.757. The maximum Gasteiger partial charge on any atom is 0.319 e. The van der Waals surface area contributed by atoms with Crippen LogP contribution in [0.5, 0.6) is 0 Å². The number of hydrogen-bond acceptors (Lipinski definition) is 4. The van der Waals surface area contributed by atoms with Gasteiger partial charge in [-0.2, -0.15) is 0 Å². The van der Waals surface area contributed by atoms with Crippen LogP contribution < -0.4 is 0 Å². The lowest BCUT2D eigenvalue weighted by Crippen LogP contribution is -2.30. The van der Waals surface area contributed by atoms with Crippen LogP contribution in [0, 0.1) is 0 Å². The van der Waals surface area contributed by atoms with E-state index in [4.69, 9.17) is 0 Å². The predicted octanol–water partition coefficient (Wildman–Crippen LogP) is 2.90. The molecule has 0 unspecified atom stereocenters. The molecular weight excluding hydrogens is 290 g/mol. The van der Waals surface area contributed by atoms with Gasteiger partial charge in [-0.3, -0.25) is 9.69 Å². The van der Waals surface area contributed by atoms with Crippen molar-refractivity contribution in [3.8, 4) is 0 Å². The number of thiophene rings is 1. The van der Waals surface area contributed by atoms with Gasteiger partial charge in [-0.1, -0.05) is 6.92 Å². The van der Waals surface area contributed by atoms with Gasteiger partial charge in [0.25, 0.3) is 0 Å². The molecule has 0 aliphatic rings. The van der Waals surface area contributed by atoms with Crippen molar-refractivity contribution in [1.29, 1.82) is 0 Å². The SMILES string of the molecule is CCCN(CC(=O)OC)Cc1sccc1Br. The van der Waals surface area contributed by atoms with Gasteiger partial charge in [0.15, 0.2) is 0 Å². The molecule has 0 radical (unpaired) electrons. The number of carbonyl (C=O) groups is 1. The highest BCUT2D eigenvalue weighted by molar-refractivity contribution is 9.10. The predicted molar refractivity (Wildman–Crippen MR) is 69.6 cm³/mol. The van der Waals surface area contributed by atoms with Crippen LogP contribution in [-0.4, -0.2) is 31.1 Å². The summed E-state index contributed by atoms with van der Waals surface area (Å²) in [7, 11) is 1.42. The average Bonchev–Trinajstić information content (AvgIpc) is 2.64. The largest absolute Gasteiger partial charge is 0.468 e. The summed E-state index contributed by atoms with van der Waals surface area (Å²) in [6.45, 7) is 4.16. The molecule has 1 rings (SSSR count). The maximum atomic E-state index is 11.2. The van der Waals surface area contributed by atoms with Gasteiger partial charge in [0.05, 0.1) is 13.7 Å². The number of nitrogens with zero attached hydrogens (tertiary/aromatic N) is 1. The number of halogens is 1. The Bertz CT molecular complexity index is 340. The number of carbonyl (C=O) groups excluding carboxylic acids is 1. The van der Waals surface area contributed by atoms with E-state index in [-0.39, 0.29) is 5.97 Å². The molecule has 0 saturated heterocycles. The highest BCUT2D eigenvalue weighted by Crippen LogP contribution is 2.24. The van der Waals surface area contributed by atoms with Gasteiger partial charge in [0.2, 0.25) is 0 Å². The molecule has 0 bridgehead atoms. The first-order chi connectivity index (χ1) is 7.67. The summed E-state index contributed by atoms with van der Waals surface area (Å²) < 4.78 is 5.80. The van der Waals surface area contributed by atoms with E-state index in [1.54, 1.807) is 11.3 Å². The summed E-state index contributed by atoms with van der Waals surface area (Å²) in [6.07, 6.45) is 1.03. The van der Waals surface area contributed by atoms with Crippen LogP contribution in [0.3, 0.4) is 0 Å². The number of esters is 1. The third kappa shape index (κ3) is 4.23. The van der Waals surface area contributed by atoms with Gasteiger partial charge < -0.3 is 4.74 Å². The molecule has 5 heteroatoms. The van der Waals surface area contributed by atoms with E-state index in [0.29, 0.717) is 6.54 Å². The Labute approximate surface area is 109 Å². The number of rotatable bonds is 6. The third-order valence-electron chi connectivity index (χ3n) is 2.18. The van der Waals surface area contributed by atoms with E-state index in [0.717, 1.165) is 24.0 Å². The second kappa shape index (κ2) is 7.04. The van der Waals surface area contributed by atoms with E-state index < -0.39 is 0 Å². The Hall–Kier alpha value is -0.390. The molecule has 16 heavy (non-hydrogen) atoms. The number of hydrogen-bond donors (Lipinski definition) is 0. The molecule has 0 spiro atoms. The summed E-state index contributed by atoms with van der Waals surface area (Å²) in [6, 6.07) is 2.03. The van der Waals surface area contributed by atoms with Gasteiger partial charge in [0, 0.05) is 15.9 Å². The zero-order chi connectivity index (χ0) is 12.0. The molecule has 1 heterocycles. The third-order valence-corrected chi connectivity index (χ3v) is 4.09. The van der Waals surface area contributed by atoms with Crippen LogP contribution in [0.15, 0.2) is 15.9 Å². The minimum absolute atomic E-state index is 0.180. The Kier molecular flexibility index (Phi) is 6.01. The Morgan fingerprint density at radius 1 is 1.62 bits per heavy atom. The molecular formula is C11H16BrNO2S. The fourth-order valence-electron chi connectivity index (χ4n) is 1.42. The lowest BCUT2D eigenvalue weighted by Gasteiger charge is -2.19. The topological polar surface area (TPSA) is 29.5 Å². The molecule has 1 aromatic rings. The van der Waals surface area contributed by atoms with E-state index in [1.807, 2.05) is 11.4 Å². The minimum atomic E-state index is -0.180. The van der Waals surface area contributed by atoms with Crippen LogP contribution in [0.2, 0.25) is 0 Å². The van der Waals surface area contributed by atoms with Crippen molar-refractivity contribution in [3.05, 3.63) is 20.8 Å². The zero-order valence-electron chi connectivity index (χ0n) is 9.53. The molecule has 0 aliphatic heterocycles. The van der Waals surface area contributed by atoms with Crippen LogP contribution >= 0.6 is 27.3 Å². The van der Waals surface area contributed by atoms with Crippen molar-refractivity contribution in [2.24, 2.45) is 0 Å². The molecule has 1 aromatic heterocycles. The molecule has 0 saturated carbocycles. The van der Waals surface area contributed by atoms with E-state index in [2.05, 4.69) is 32.5 Å². The fraction of sp³-hybridized carbons (Fsp3) is 0.545. The first kappa shape index (κ1) is 13.7. The second-order valence-corrected chi connectivity index (χ2v) is 5.33. The summed E-state index contributed by atoms with van der Waals surface area (Å²) in [5.74, 6) is -0.180. The summed E-state index contributed by atoms with van der Waals surface area (Å²) in [5, 5.41) is 2.04. The minimum Gasteiger partial charge on any atom is -0.468 e. The Morgan fingerprint density at radius 3 is 2.88 bits per heavy atom. The van der Waals surface area contributed by atoms with E-state index in [1.165, 1.54) is 12.0 Å². The fourth-order valence-corrected chi connectivity index (χ4v) is 2.94. The summed E-state index contributed by atoms with van der Waals surface area (Å²) in [4.78, 5) is 14.6. The molecule has 0 aliphatic carbocycles. The maximum absolute atomic E-state index is 11.2. The van der Waals surface area contributed by atoms with Crippen molar-refractivity contribution in [1.82, 2.24) is 4.90 Å². The molecule has 0 aromatic carbocycles. The lowest BCUT2D eigenvalue weighted by atomic mass is 10.3. The van der Waals surface area contributed by atoms with Crippen molar-refractivity contribution in [2.75, 3.05) is 20.2 Å². The normalized spacial score (nSPS) is 10.8. The van der Waals surface area contributed by atoms with Gasteiger partial charge in [-0.05, 0) is 40.3 Å². The van der Waals surface area contributed by atoms with Crippen LogP contribution in [0.4, 0.5) is 0 Å². The van der Waals surface area contributed by atoms with Gasteiger partial charge >= 0.3 is 5.97 Å². The van der Waals surface area contributed by atoms with E-state index >= 15 is 0 Å². The van der Waals surface area contributed by atoms with Gasteiger partial charge in [-0.25, -0.2) is 0 Å². The number of methoxy groups -OCH3 is 1. The smallest absolute Gasteiger partial charge is 0.319 e. The van der Waals surface area contributed by atoms with Crippen molar-refractivity contribution >= 4 is 33.2 Å². The molecule has 0 fully saturated rings. The first-order valence-corrected chi connectivity index (χ1v) is 6.85. The highest BCUT2D eigenvalue weighted by Gasteiger charge is 2.12. The van der Waals surface area contributed by atoms with Crippen molar-refractivity contribution in [3.63, 3.8) is 0 Å². The van der Waals surface area contributed by atoms with Crippen molar-refractivity contribution < 1.29 is 9.53 Å². The van der Waals surface area contributed by atoms with Gasteiger partial charge in [-0.15, -0.1) is 11.3 Å². The Morgan fingerprint density at radius 2 is 2.38 bits per heavy atom. The standard InChI is InChI=1S/C11H16BrNO2S/c1-3-5-13(8-11(14)15-2)7-10-9(12)4-6-16-10/h4,6H,3,5,7-8H2,1-2H3. The monoisotopic (exact) mass is 305 g/mol. The van der Waals surface area contributed by atoms with Gasteiger partial charge in [0.1, 0.15) is 0 Å². The second-order valence-electron chi connectivity index (χ2n) is 3.48. The molecule has 0 N–H and O–H groups in total. The van der Waals surface area contributed by atoms with Crippen LogP contribution in [-0.2, 0) is 16.1 Å². The molecule has 90 valence electrons. The highest BCUT2D eigenvalue weighted by atomic mass is 79.9. The first-order valence-electron chi connectivity index (χ1n) is 5.18. The molecule has 3 nitrogen and oxygen atoms in total. The summed E-state index contributed by atoms with van der Waals surface area (Å²) in [5.41, 5.74) is 0. The number of ether oxygens (including phenoxy) is 1. The molecule has 0 amide bonds. The lowest BCUT2D eigenvalue weighted by molar-refractivity contribution is -0.142. The summed E-state index contributed by atoms with van der Waals surface area (Å²) >= 11 is 5.19. The van der Waals surface area contributed by atoms with Crippen LogP contribution in [0.25, 0.3) is 0 Å². The van der Waals surface area contributed by atoms with E-state index in [9.17, 15) is 4.79 Å². The van der Waals surface area contributed by atoms with Crippen molar-refractivity contribution in [2.45, 2.75) is 19.9 Å².